The van der Waals surface area contributed by atoms with Gasteiger partial charge in [-0.15, -0.1) is 0 Å². The Balaban J connectivity index is 2.27. The molecule has 128 valence electrons. The number of carbonyl (C=O) groups is 1. The topological polar surface area (TPSA) is 106 Å². The molecule has 8 heteroatoms. The zero-order valence-electron chi connectivity index (χ0n) is 13.5. The van der Waals surface area contributed by atoms with Crippen LogP contribution in [0, 0.1) is 13.8 Å². The Bertz CT molecular complexity index is 861. The highest BCUT2D eigenvalue weighted by Gasteiger charge is 2.22. The lowest BCUT2D eigenvalue weighted by molar-refractivity contribution is 0.0695. The van der Waals surface area contributed by atoms with E-state index in [4.69, 9.17) is 4.74 Å². The van der Waals surface area contributed by atoms with Gasteiger partial charge in [0.1, 0.15) is 0 Å². The summed E-state index contributed by atoms with van der Waals surface area (Å²) in [5.74, 6) is -0.719. The summed E-state index contributed by atoms with van der Waals surface area (Å²) in [6, 6.07) is 6.22. The van der Waals surface area contributed by atoms with Crippen molar-refractivity contribution >= 4 is 16.0 Å². The monoisotopic (exact) mass is 350 g/mol. The van der Waals surface area contributed by atoms with Gasteiger partial charge in [0.15, 0.2) is 0 Å². The highest BCUT2D eigenvalue weighted by molar-refractivity contribution is 7.89. The molecule has 0 aliphatic heterocycles. The number of ether oxygens (including phenoxy) is 1. The Hall–Kier alpha value is -2.45. The number of carboxylic acids is 1. The standard InChI is InChI=1S/C16H18N2O5S/c1-10-4-6-13(11(2)15(10)16(19)20)24(21,22)18-9-12-5-7-14(23-3)17-8-12/h4-8,18H,9H2,1-3H3,(H,19,20). The maximum atomic E-state index is 12.5. The largest absolute Gasteiger partial charge is 0.481 e. The van der Waals surface area contributed by atoms with E-state index in [0.717, 1.165) is 0 Å². The second kappa shape index (κ2) is 6.98. The van der Waals surface area contributed by atoms with Gasteiger partial charge in [-0.2, -0.15) is 0 Å². The first kappa shape index (κ1) is 17.9. The summed E-state index contributed by atoms with van der Waals surface area (Å²) in [6.45, 7) is 3.15. The van der Waals surface area contributed by atoms with E-state index >= 15 is 0 Å². The van der Waals surface area contributed by atoms with Gasteiger partial charge >= 0.3 is 5.97 Å². The highest BCUT2D eigenvalue weighted by Crippen LogP contribution is 2.22. The average Bonchev–Trinajstić information content (AvgIpc) is 2.53. The third kappa shape index (κ3) is 3.72. The van der Waals surface area contributed by atoms with Crippen LogP contribution in [0.2, 0.25) is 0 Å². The van der Waals surface area contributed by atoms with Crippen molar-refractivity contribution in [3.8, 4) is 5.88 Å². The third-order valence-electron chi connectivity index (χ3n) is 3.60. The van der Waals surface area contributed by atoms with Crippen LogP contribution in [0.25, 0.3) is 0 Å². The first-order chi connectivity index (χ1) is 11.3. The molecule has 1 aromatic heterocycles. The van der Waals surface area contributed by atoms with Gasteiger partial charge in [-0.3, -0.25) is 0 Å². The molecule has 0 aliphatic carbocycles. The smallest absolute Gasteiger partial charge is 0.336 e. The number of sulfonamides is 1. The minimum atomic E-state index is -3.85. The van der Waals surface area contributed by atoms with Crippen molar-refractivity contribution in [2.45, 2.75) is 25.3 Å². The van der Waals surface area contributed by atoms with Crippen molar-refractivity contribution in [3.63, 3.8) is 0 Å². The molecule has 0 fully saturated rings. The minimum Gasteiger partial charge on any atom is -0.481 e. The summed E-state index contributed by atoms with van der Waals surface area (Å²) < 4.78 is 32.4. The summed E-state index contributed by atoms with van der Waals surface area (Å²) in [7, 11) is -2.36. The molecule has 1 aromatic carbocycles. The van der Waals surface area contributed by atoms with Crippen LogP contribution in [0.4, 0.5) is 0 Å². The van der Waals surface area contributed by atoms with Crippen molar-refractivity contribution in [2.75, 3.05) is 7.11 Å². The maximum Gasteiger partial charge on any atom is 0.336 e. The quantitative estimate of drug-likeness (QED) is 0.824. The van der Waals surface area contributed by atoms with Crippen LogP contribution < -0.4 is 9.46 Å². The lowest BCUT2D eigenvalue weighted by Gasteiger charge is -2.13. The number of hydrogen-bond donors (Lipinski definition) is 2. The predicted molar refractivity (Wildman–Crippen MR) is 87.7 cm³/mol. The van der Waals surface area contributed by atoms with Crippen LogP contribution in [0.15, 0.2) is 35.4 Å². The number of aryl methyl sites for hydroxylation is 1. The van der Waals surface area contributed by atoms with E-state index in [2.05, 4.69) is 9.71 Å². The van der Waals surface area contributed by atoms with Crippen molar-refractivity contribution in [1.29, 1.82) is 0 Å². The summed E-state index contributed by atoms with van der Waals surface area (Å²) >= 11 is 0. The van der Waals surface area contributed by atoms with Crippen LogP contribution in [-0.4, -0.2) is 31.6 Å². The molecule has 0 radical (unpaired) electrons. The number of carboxylic acid groups (broad SMARTS) is 1. The first-order valence-corrected chi connectivity index (χ1v) is 8.56. The Morgan fingerprint density at radius 1 is 1.25 bits per heavy atom. The number of aromatic carboxylic acids is 1. The number of hydrogen-bond acceptors (Lipinski definition) is 5. The van der Waals surface area contributed by atoms with E-state index in [0.29, 0.717) is 17.0 Å². The van der Waals surface area contributed by atoms with Gasteiger partial charge in [-0.1, -0.05) is 12.1 Å². The normalized spacial score (nSPS) is 11.3. The molecule has 2 aromatic rings. The van der Waals surface area contributed by atoms with Gasteiger partial charge in [-0.05, 0) is 36.6 Å². The van der Waals surface area contributed by atoms with E-state index in [9.17, 15) is 18.3 Å². The fourth-order valence-corrected chi connectivity index (χ4v) is 3.61. The first-order valence-electron chi connectivity index (χ1n) is 7.08. The van der Waals surface area contributed by atoms with Crippen LogP contribution in [-0.2, 0) is 16.6 Å². The molecule has 2 rings (SSSR count). The summed E-state index contributed by atoms with van der Waals surface area (Å²) in [5, 5.41) is 9.26. The van der Waals surface area contributed by atoms with Crippen molar-refractivity contribution in [2.24, 2.45) is 0 Å². The summed E-state index contributed by atoms with van der Waals surface area (Å²) in [5.41, 5.74) is 1.38. The second-order valence-corrected chi connectivity index (χ2v) is 6.95. The van der Waals surface area contributed by atoms with Gasteiger partial charge < -0.3 is 9.84 Å². The fraction of sp³-hybridized carbons (Fsp3) is 0.250. The Labute approximate surface area is 140 Å². The third-order valence-corrected chi connectivity index (χ3v) is 5.15. The predicted octanol–water partition coefficient (Wildman–Crippen LogP) is 1.88. The molecule has 2 N–H and O–H groups in total. The van der Waals surface area contributed by atoms with E-state index in [1.165, 1.54) is 32.4 Å². The molecule has 0 aliphatic rings. The number of pyridine rings is 1. The molecule has 24 heavy (non-hydrogen) atoms. The van der Waals surface area contributed by atoms with Crippen LogP contribution in [0.1, 0.15) is 27.0 Å². The average molecular weight is 350 g/mol. The zero-order valence-corrected chi connectivity index (χ0v) is 14.3. The van der Waals surface area contributed by atoms with Gasteiger partial charge in [0.05, 0.1) is 17.6 Å². The molecule has 0 saturated carbocycles. The molecule has 0 saturated heterocycles. The van der Waals surface area contributed by atoms with E-state index < -0.39 is 16.0 Å². The lowest BCUT2D eigenvalue weighted by atomic mass is 10.0. The maximum absolute atomic E-state index is 12.5. The molecule has 7 nitrogen and oxygen atoms in total. The summed E-state index contributed by atoms with van der Waals surface area (Å²) in [6.07, 6.45) is 1.51. The molecule has 1 heterocycles. The zero-order chi connectivity index (χ0) is 17.9. The molecule has 0 amide bonds. The van der Waals surface area contributed by atoms with Crippen LogP contribution >= 0.6 is 0 Å². The molecule has 0 spiro atoms. The highest BCUT2D eigenvalue weighted by atomic mass is 32.2. The van der Waals surface area contributed by atoms with Crippen molar-refractivity contribution in [3.05, 3.63) is 52.7 Å². The van der Waals surface area contributed by atoms with Gasteiger partial charge in [0.25, 0.3) is 0 Å². The molecular formula is C16H18N2O5S. The fourth-order valence-electron chi connectivity index (χ4n) is 2.34. The number of nitrogens with zero attached hydrogens (tertiary/aromatic N) is 1. The summed E-state index contributed by atoms with van der Waals surface area (Å²) in [4.78, 5) is 15.3. The Kier molecular flexibility index (Phi) is 5.20. The van der Waals surface area contributed by atoms with Gasteiger partial charge in [0.2, 0.25) is 15.9 Å². The number of benzene rings is 1. The number of aromatic nitrogens is 1. The molecule has 0 atom stereocenters. The lowest BCUT2D eigenvalue weighted by Crippen LogP contribution is -2.25. The number of methoxy groups -OCH3 is 1. The van der Waals surface area contributed by atoms with Crippen LogP contribution in [0.5, 0.6) is 5.88 Å². The molecular weight excluding hydrogens is 332 g/mol. The van der Waals surface area contributed by atoms with E-state index in [-0.39, 0.29) is 22.6 Å². The van der Waals surface area contributed by atoms with E-state index in [1.807, 2.05) is 0 Å². The number of nitrogens with one attached hydrogen (secondary N) is 1. The van der Waals surface area contributed by atoms with Crippen LogP contribution in [0.3, 0.4) is 0 Å². The van der Waals surface area contributed by atoms with Crippen molar-refractivity contribution in [1.82, 2.24) is 9.71 Å². The molecule has 0 bridgehead atoms. The van der Waals surface area contributed by atoms with Gasteiger partial charge in [0, 0.05) is 18.8 Å². The molecule has 0 unspecified atom stereocenters. The Morgan fingerprint density at radius 2 is 1.96 bits per heavy atom. The van der Waals surface area contributed by atoms with Gasteiger partial charge in [-0.25, -0.2) is 22.9 Å². The number of rotatable bonds is 6. The SMILES string of the molecule is COc1ccc(CNS(=O)(=O)c2ccc(C)c(C(=O)O)c2C)cn1. The second-order valence-electron chi connectivity index (χ2n) is 5.22. The Morgan fingerprint density at radius 3 is 2.50 bits per heavy atom. The van der Waals surface area contributed by atoms with E-state index in [1.54, 1.807) is 19.1 Å². The minimum absolute atomic E-state index is 0.00369. The van der Waals surface area contributed by atoms with Crippen molar-refractivity contribution < 1.29 is 23.1 Å².